The van der Waals surface area contributed by atoms with Gasteiger partial charge in [0.25, 0.3) is 0 Å². The maximum absolute atomic E-state index is 13.0. The molecule has 2 heterocycles. The van der Waals surface area contributed by atoms with Gasteiger partial charge in [-0.25, -0.2) is 0 Å². The van der Waals surface area contributed by atoms with Gasteiger partial charge in [-0.3, -0.25) is 9.59 Å². The van der Waals surface area contributed by atoms with Gasteiger partial charge in [0.15, 0.2) is 0 Å². The maximum atomic E-state index is 13.0. The Morgan fingerprint density at radius 1 is 1.31 bits per heavy atom. The lowest BCUT2D eigenvalue weighted by molar-refractivity contribution is -0.132. The normalized spacial score (nSPS) is 17.8. The van der Waals surface area contributed by atoms with Crippen molar-refractivity contribution in [3.05, 3.63) is 52.2 Å². The summed E-state index contributed by atoms with van der Waals surface area (Å²) in [7, 11) is 1.61. The summed E-state index contributed by atoms with van der Waals surface area (Å²) in [5.74, 6) is 0.685. The van der Waals surface area contributed by atoms with E-state index in [1.165, 1.54) is 11.8 Å². The molecule has 0 saturated carbocycles. The van der Waals surface area contributed by atoms with Crippen LogP contribution in [0.3, 0.4) is 0 Å². The summed E-state index contributed by atoms with van der Waals surface area (Å²) in [4.78, 5) is 27.8. The minimum Gasteiger partial charge on any atom is -0.497 e. The number of amides is 2. The lowest BCUT2D eigenvalue weighted by Gasteiger charge is -2.27. The van der Waals surface area contributed by atoms with E-state index in [0.29, 0.717) is 0 Å². The van der Waals surface area contributed by atoms with Crippen molar-refractivity contribution in [3.8, 4) is 5.75 Å². The fraction of sp³-hybridized carbons (Fsp3) is 0.400. The lowest BCUT2D eigenvalue weighted by atomic mass is 10.0. The van der Waals surface area contributed by atoms with Crippen molar-refractivity contribution in [2.75, 3.05) is 13.7 Å². The van der Waals surface area contributed by atoms with E-state index in [-0.39, 0.29) is 30.3 Å². The first-order valence-corrected chi connectivity index (χ1v) is 9.70. The molecule has 2 amide bonds. The first-order valence-electron chi connectivity index (χ1n) is 8.82. The number of benzene rings is 1. The summed E-state index contributed by atoms with van der Waals surface area (Å²) in [6.07, 6.45) is 2.27. The highest BCUT2D eigenvalue weighted by Crippen LogP contribution is 2.35. The summed E-state index contributed by atoms with van der Waals surface area (Å²) in [6, 6.07) is 11.4. The Morgan fingerprint density at radius 2 is 2.08 bits per heavy atom. The van der Waals surface area contributed by atoms with Gasteiger partial charge >= 0.3 is 0 Å². The van der Waals surface area contributed by atoms with Crippen LogP contribution in [0.1, 0.15) is 48.7 Å². The second-order valence-corrected chi connectivity index (χ2v) is 7.47. The van der Waals surface area contributed by atoms with Crippen molar-refractivity contribution >= 4 is 23.2 Å². The Hall–Kier alpha value is -2.34. The number of carbonyl (C=O) groups excluding carboxylic acids is 2. The van der Waals surface area contributed by atoms with Crippen LogP contribution in [0.2, 0.25) is 0 Å². The van der Waals surface area contributed by atoms with Gasteiger partial charge in [-0.1, -0.05) is 18.2 Å². The van der Waals surface area contributed by atoms with Crippen LogP contribution in [0.4, 0.5) is 0 Å². The quantitative estimate of drug-likeness (QED) is 0.841. The fourth-order valence-corrected chi connectivity index (χ4v) is 4.34. The molecule has 138 valence electrons. The Morgan fingerprint density at radius 3 is 2.69 bits per heavy atom. The van der Waals surface area contributed by atoms with Crippen molar-refractivity contribution in [1.82, 2.24) is 10.2 Å². The number of thiophene rings is 1. The molecule has 1 aromatic heterocycles. The molecular weight excluding hydrogens is 348 g/mol. The third-order valence-electron chi connectivity index (χ3n) is 4.72. The number of carbonyl (C=O) groups is 2. The van der Waals surface area contributed by atoms with Gasteiger partial charge in [0.1, 0.15) is 5.75 Å². The number of nitrogens with zero attached hydrogens (tertiary/aromatic N) is 1. The molecule has 5 nitrogen and oxygen atoms in total. The van der Waals surface area contributed by atoms with Gasteiger partial charge < -0.3 is 15.0 Å². The Bertz CT molecular complexity index is 743. The fourth-order valence-electron chi connectivity index (χ4n) is 3.47. The van der Waals surface area contributed by atoms with Gasteiger partial charge in [-0.05, 0) is 42.0 Å². The molecule has 1 N–H and O–H groups in total. The van der Waals surface area contributed by atoms with E-state index in [4.69, 9.17) is 4.74 Å². The summed E-state index contributed by atoms with van der Waals surface area (Å²) in [6.45, 7) is 2.25. The van der Waals surface area contributed by atoms with Crippen LogP contribution >= 0.6 is 11.3 Å². The van der Waals surface area contributed by atoms with Crippen LogP contribution in [-0.4, -0.2) is 30.4 Å². The Kier molecular flexibility index (Phi) is 5.93. The molecule has 3 rings (SSSR count). The molecule has 0 radical (unpaired) electrons. The number of hydrogen-bond acceptors (Lipinski definition) is 4. The number of rotatable bonds is 6. The van der Waals surface area contributed by atoms with Gasteiger partial charge in [0, 0.05) is 18.3 Å². The van der Waals surface area contributed by atoms with Gasteiger partial charge in [0.2, 0.25) is 11.8 Å². The standard InChI is InChI=1S/C20H24N2O3S/c1-14(23)21-17(15-7-9-16(25-2)10-8-15)13-20(24)22-11-3-5-18(22)19-6-4-12-26-19/h4,6-10,12,17-18H,3,5,11,13H2,1-2H3,(H,21,23). The lowest BCUT2D eigenvalue weighted by Crippen LogP contribution is -2.35. The number of hydrogen-bond donors (Lipinski definition) is 1. The second-order valence-electron chi connectivity index (χ2n) is 6.49. The van der Waals surface area contributed by atoms with E-state index in [1.807, 2.05) is 40.6 Å². The molecule has 1 saturated heterocycles. The predicted molar refractivity (Wildman–Crippen MR) is 102 cm³/mol. The summed E-state index contributed by atoms with van der Waals surface area (Å²) in [5.41, 5.74) is 0.904. The van der Waals surface area contributed by atoms with E-state index in [0.717, 1.165) is 30.7 Å². The van der Waals surface area contributed by atoms with Crippen molar-refractivity contribution in [2.24, 2.45) is 0 Å². The highest BCUT2D eigenvalue weighted by atomic mass is 32.1. The molecule has 2 unspecified atom stereocenters. The number of likely N-dealkylation sites (tertiary alicyclic amines) is 1. The van der Waals surface area contributed by atoms with E-state index in [2.05, 4.69) is 11.4 Å². The van der Waals surface area contributed by atoms with E-state index in [9.17, 15) is 9.59 Å². The summed E-state index contributed by atoms with van der Waals surface area (Å²) < 4.78 is 5.19. The number of ether oxygens (including phenoxy) is 1. The van der Waals surface area contributed by atoms with Crippen molar-refractivity contribution < 1.29 is 14.3 Å². The molecule has 26 heavy (non-hydrogen) atoms. The maximum Gasteiger partial charge on any atom is 0.225 e. The van der Waals surface area contributed by atoms with Crippen LogP contribution in [0.15, 0.2) is 41.8 Å². The van der Waals surface area contributed by atoms with Gasteiger partial charge in [0.05, 0.1) is 25.6 Å². The SMILES string of the molecule is COc1ccc(C(CC(=O)N2CCCC2c2cccs2)NC(C)=O)cc1. The van der Waals surface area contributed by atoms with E-state index < -0.39 is 0 Å². The first-order chi connectivity index (χ1) is 12.6. The Balaban J connectivity index is 1.75. The average molecular weight is 372 g/mol. The molecule has 0 aliphatic carbocycles. The number of nitrogens with one attached hydrogen (secondary N) is 1. The van der Waals surface area contributed by atoms with E-state index in [1.54, 1.807) is 18.4 Å². The van der Waals surface area contributed by atoms with Crippen LogP contribution in [-0.2, 0) is 9.59 Å². The molecule has 0 bridgehead atoms. The molecule has 1 aliphatic rings. The number of methoxy groups -OCH3 is 1. The van der Waals surface area contributed by atoms with Gasteiger partial charge in [-0.2, -0.15) is 0 Å². The highest BCUT2D eigenvalue weighted by molar-refractivity contribution is 7.10. The molecule has 6 heteroatoms. The highest BCUT2D eigenvalue weighted by Gasteiger charge is 2.32. The molecule has 1 aliphatic heterocycles. The minimum absolute atomic E-state index is 0.0791. The van der Waals surface area contributed by atoms with Crippen LogP contribution < -0.4 is 10.1 Å². The van der Waals surface area contributed by atoms with Gasteiger partial charge in [-0.15, -0.1) is 11.3 Å². The van der Waals surface area contributed by atoms with Crippen molar-refractivity contribution in [1.29, 1.82) is 0 Å². The molecule has 2 aromatic rings. The first kappa shape index (κ1) is 18.5. The molecule has 1 fully saturated rings. The minimum atomic E-state index is -0.338. The molecule has 0 spiro atoms. The van der Waals surface area contributed by atoms with Crippen LogP contribution in [0.5, 0.6) is 5.75 Å². The Labute approximate surface area is 158 Å². The zero-order valence-corrected chi connectivity index (χ0v) is 15.9. The summed E-state index contributed by atoms with van der Waals surface area (Å²) >= 11 is 1.69. The average Bonchev–Trinajstić information content (AvgIpc) is 3.31. The zero-order chi connectivity index (χ0) is 18.5. The third kappa shape index (κ3) is 4.25. The van der Waals surface area contributed by atoms with Crippen LogP contribution in [0.25, 0.3) is 0 Å². The second kappa shape index (κ2) is 8.36. The molecule has 1 aromatic carbocycles. The topological polar surface area (TPSA) is 58.6 Å². The third-order valence-corrected chi connectivity index (χ3v) is 5.69. The predicted octanol–water partition coefficient (Wildman–Crippen LogP) is 3.69. The van der Waals surface area contributed by atoms with Crippen molar-refractivity contribution in [3.63, 3.8) is 0 Å². The smallest absolute Gasteiger partial charge is 0.225 e. The molecular formula is C20H24N2O3S. The van der Waals surface area contributed by atoms with E-state index >= 15 is 0 Å². The summed E-state index contributed by atoms with van der Waals surface area (Å²) in [5, 5.41) is 4.96. The molecule has 2 atom stereocenters. The zero-order valence-electron chi connectivity index (χ0n) is 15.1. The van der Waals surface area contributed by atoms with Crippen LogP contribution in [0, 0.1) is 0 Å². The monoisotopic (exact) mass is 372 g/mol. The van der Waals surface area contributed by atoms with Crippen molar-refractivity contribution in [2.45, 2.75) is 38.3 Å². The largest absolute Gasteiger partial charge is 0.497 e.